The predicted molar refractivity (Wildman–Crippen MR) is 133 cm³/mol. The lowest BCUT2D eigenvalue weighted by molar-refractivity contribution is -0.140. The van der Waals surface area contributed by atoms with Gasteiger partial charge in [0.1, 0.15) is 11.5 Å². The van der Waals surface area contributed by atoms with Crippen LogP contribution in [-0.2, 0) is 14.3 Å². The fourth-order valence-corrected chi connectivity index (χ4v) is 3.76. The highest BCUT2D eigenvalue weighted by molar-refractivity contribution is 6.33. The van der Waals surface area contributed by atoms with Crippen LogP contribution < -0.4 is 0 Å². The van der Waals surface area contributed by atoms with Gasteiger partial charge in [0, 0.05) is 37.6 Å². The number of aliphatic hydroxyl groups excluding tert-OH is 1. The maximum atomic E-state index is 13.1. The Morgan fingerprint density at radius 1 is 1.23 bits per heavy atom. The third-order valence-corrected chi connectivity index (χ3v) is 5.71. The minimum atomic E-state index is -0.515. The summed E-state index contributed by atoms with van der Waals surface area (Å²) in [5, 5.41) is 9.43. The molecule has 1 aromatic heterocycles. The number of carbonyl (C=O) groups is 3. The summed E-state index contributed by atoms with van der Waals surface area (Å²) in [5.41, 5.74) is 1.92. The molecule has 0 atom stereocenters. The van der Waals surface area contributed by atoms with Gasteiger partial charge in [-0.05, 0) is 61.7 Å². The molecule has 1 aliphatic heterocycles. The normalized spacial score (nSPS) is 15.6. The van der Waals surface area contributed by atoms with Gasteiger partial charge in [-0.15, -0.1) is 0 Å². The Labute approximate surface area is 208 Å². The van der Waals surface area contributed by atoms with Crippen LogP contribution in [0, 0.1) is 0 Å². The van der Waals surface area contributed by atoms with Gasteiger partial charge in [-0.2, -0.15) is 0 Å². The van der Waals surface area contributed by atoms with E-state index in [0.29, 0.717) is 46.8 Å². The van der Waals surface area contributed by atoms with Gasteiger partial charge < -0.3 is 14.3 Å². The molecule has 3 rings (SSSR count). The zero-order valence-corrected chi connectivity index (χ0v) is 20.6. The molecule has 1 aliphatic rings. The van der Waals surface area contributed by atoms with Gasteiger partial charge in [-0.25, -0.2) is 4.79 Å². The van der Waals surface area contributed by atoms with E-state index in [1.165, 1.54) is 6.21 Å². The summed E-state index contributed by atoms with van der Waals surface area (Å²) in [6, 6.07) is 8.31. The Kier molecular flexibility index (Phi) is 8.78. The number of furan rings is 1. The van der Waals surface area contributed by atoms with E-state index in [4.69, 9.17) is 25.9 Å². The number of hydrogen-bond acceptors (Lipinski definition) is 7. The van der Waals surface area contributed by atoms with Gasteiger partial charge >= 0.3 is 5.97 Å². The number of amides is 2. The number of halogens is 1. The summed E-state index contributed by atoms with van der Waals surface area (Å²) >= 11 is 6.18. The zero-order valence-electron chi connectivity index (χ0n) is 19.8. The fourth-order valence-electron chi connectivity index (χ4n) is 3.57. The fraction of sp³-hybridized carbons (Fsp3) is 0.308. The second-order valence-corrected chi connectivity index (χ2v) is 8.26. The van der Waals surface area contributed by atoms with Crippen molar-refractivity contribution in [2.45, 2.75) is 26.7 Å². The van der Waals surface area contributed by atoms with E-state index in [2.05, 4.69) is 4.99 Å². The third-order valence-electron chi connectivity index (χ3n) is 5.38. The van der Waals surface area contributed by atoms with Crippen molar-refractivity contribution in [1.82, 2.24) is 4.90 Å². The molecule has 0 bridgehead atoms. The molecule has 0 fully saturated rings. The van der Waals surface area contributed by atoms with E-state index in [0.717, 1.165) is 4.90 Å². The predicted octanol–water partition coefficient (Wildman–Crippen LogP) is 4.32. The molecule has 0 unspecified atom stereocenters. The van der Waals surface area contributed by atoms with Crippen molar-refractivity contribution in [2.24, 2.45) is 4.99 Å². The molecule has 2 amide bonds. The molecule has 35 heavy (non-hydrogen) atoms. The van der Waals surface area contributed by atoms with Crippen LogP contribution in [0.3, 0.4) is 0 Å². The highest BCUT2D eigenvalue weighted by Gasteiger charge is 2.34. The van der Waals surface area contributed by atoms with Crippen LogP contribution >= 0.6 is 11.6 Å². The van der Waals surface area contributed by atoms with Crippen molar-refractivity contribution >= 4 is 41.7 Å². The summed E-state index contributed by atoms with van der Waals surface area (Å²) in [7, 11) is 1.54. The van der Waals surface area contributed by atoms with E-state index < -0.39 is 17.8 Å². The summed E-state index contributed by atoms with van der Waals surface area (Å²) in [4.78, 5) is 43.2. The Bertz CT molecular complexity index is 1220. The van der Waals surface area contributed by atoms with Gasteiger partial charge in [-0.3, -0.25) is 19.5 Å². The Hall–Kier alpha value is -3.49. The zero-order chi connectivity index (χ0) is 25.5. The molecule has 8 nitrogen and oxygen atoms in total. The molecule has 0 saturated heterocycles. The maximum Gasteiger partial charge on any atom is 0.339 e. The summed E-state index contributed by atoms with van der Waals surface area (Å²) in [6.45, 7) is 3.82. The highest BCUT2D eigenvalue weighted by Crippen LogP contribution is 2.31. The van der Waals surface area contributed by atoms with E-state index in [-0.39, 0.29) is 30.2 Å². The highest BCUT2D eigenvalue weighted by atomic mass is 35.5. The number of carbonyl (C=O) groups excluding carboxylic acids is 3. The van der Waals surface area contributed by atoms with Gasteiger partial charge in [0.25, 0.3) is 11.8 Å². The number of aliphatic imine (C=N–C) groups is 1. The van der Waals surface area contributed by atoms with Gasteiger partial charge in [0.05, 0.1) is 22.8 Å². The van der Waals surface area contributed by atoms with Crippen LogP contribution in [0.4, 0.5) is 0 Å². The van der Waals surface area contributed by atoms with Crippen molar-refractivity contribution in [2.75, 3.05) is 26.8 Å². The van der Waals surface area contributed by atoms with Crippen molar-refractivity contribution < 1.29 is 28.6 Å². The van der Waals surface area contributed by atoms with E-state index >= 15 is 0 Å². The average Bonchev–Trinajstić information content (AvgIpc) is 3.32. The lowest BCUT2D eigenvalue weighted by Crippen LogP contribution is -2.44. The Morgan fingerprint density at radius 3 is 2.69 bits per heavy atom. The minimum Gasteiger partial charge on any atom is -0.462 e. The van der Waals surface area contributed by atoms with Crippen molar-refractivity contribution in [1.29, 1.82) is 0 Å². The number of hydrogen-bond donors (Lipinski definition) is 1. The van der Waals surface area contributed by atoms with Crippen LogP contribution in [0.5, 0.6) is 0 Å². The van der Waals surface area contributed by atoms with Gasteiger partial charge in [-0.1, -0.05) is 18.5 Å². The molecule has 0 saturated carbocycles. The smallest absolute Gasteiger partial charge is 0.339 e. The topological polar surface area (TPSA) is 109 Å². The summed E-state index contributed by atoms with van der Waals surface area (Å²) < 4.78 is 11.1. The van der Waals surface area contributed by atoms with Crippen molar-refractivity contribution in [3.63, 3.8) is 0 Å². The summed E-state index contributed by atoms with van der Waals surface area (Å²) in [6.07, 6.45) is 3.95. The standard InChI is InChI=1S/C26H27ClN2O6/c1-4-12-34-26(33)20-13-17(6-8-22(20)27)23-9-7-18(35-23)14-19-16(2)21(15-28-3)25(32)29(24(19)31)10-5-11-30/h6-9,13-15,30H,4-5,10-12H2,1-3H3/b19-14-,28-15+. The van der Waals surface area contributed by atoms with Crippen LogP contribution in [0.15, 0.2) is 56.5 Å². The SMILES string of the molecule is CCCOC(=O)c1cc(-c2ccc(/C=C3\C(=O)N(CCCO)C(=O)C(/C=N/C)=C3C)o2)ccc1Cl. The first kappa shape index (κ1) is 26.1. The van der Waals surface area contributed by atoms with Crippen LogP contribution in [-0.4, -0.2) is 60.8 Å². The lowest BCUT2D eigenvalue weighted by Gasteiger charge is -2.28. The van der Waals surface area contributed by atoms with E-state index in [1.54, 1.807) is 50.4 Å². The quantitative estimate of drug-likeness (QED) is 0.239. The Balaban J connectivity index is 1.97. The first-order chi connectivity index (χ1) is 16.8. The Morgan fingerprint density at radius 2 is 2.00 bits per heavy atom. The first-order valence-electron chi connectivity index (χ1n) is 11.2. The molecule has 0 radical (unpaired) electrons. The molecule has 2 heterocycles. The minimum absolute atomic E-state index is 0.0882. The van der Waals surface area contributed by atoms with Crippen molar-refractivity contribution in [3.05, 3.63) is 63.4 Å². The molecule has 1 N–H and O–H groups in total. The van der Waals surface area contributed by atoms with Crippen LogP contribution in [0.1, 0.15) is 42.8 Å². The molecule has 2 aromatic rings. The van der Waals surface area contributed by atoms with Gasteiger partial charge in [0.2, 0.25) is 0 Å². The van der Waals surface area contributed by atoms with Gasteiger partial charge in [0.15, 0.2) is 0 Å². The number of benzene rings is 1. The molecule has 1 aromatic carbocycles. The first-order valence-corrected chi connectivity index (χ1v) is 11.6. The molecule has 184 valence electrons. The number of ether oxygens (including phenoxy) is 1. The largest absolute Gasteiger partial charge is 0.462 e. The number of aliphatic hydroxyl groups is 1. The number of imide groups is 1. The summed E-state index contributed by atoms with van der Waals surface area (Å²) in [5.74, 6) is -0.588. The lowest BCUT2D eigenvalue weighted by atomic mass is 9.94. The average molecular weight is 499 g/mol. The molecular weight excluding hydrogens is 472 g/mol. The maximum absolute atomic E-state index is 13.1. The molecule has 9 heteroatoms. The van der Waals surface area contributed by atoms with E-state index in [1.807, 2.05) is 6.92 Å². The monoisotopic (exact) mass is 498 g/mol. The second-order valence-electron chi connectivity index (χ2n) is 7.86. The van der Waals surface area contributed by atoms with Crippen molar-refractivity contribution in [3.8, 4) is 11.3 Å². The number of nitrogens with zero attached hydrogens (tertiary/aromatic N) is 2. The third kappa shape index (κ3) is 5.78. The van der Waals surface area contributed by atoms with Crippen LogP contribution in [0.25, 0.3) is 17.4 Å². The van der Waals surface area contributed by atoms with E-state index in [9.17, 15) is 14.4 Å². The molecule has 0 spiro atoms. The number of esters is 1. The number of rotatable bonds is 9. The van der Waals surface area contributed by atoms with Crippen LogP contribution in [0.2, 0.25) is 5.02 Å². The molecular formula is C26H27ClN2O6. The molecule has 0 aliphatic carbocycles. The second kappa shape index (κ2) is 11.8.